The molecule has 0 bridgehead atoms. The van der Waals surface area contributed by atoms with Gasteiger partial charge in [0.05, 0.1) is 6.10 Å². The summed E-state index contributed by atoms with van der Waals surface area (Å²) in [5.41, 5.74) is 0.679. The lowest BCUT2D eigenvalue weighted by atomic mass is 10.1. The van der Waals surface area contributed by atoms with Crippen LogP contribution in [0.5, 0.6) is 0 Å². The van der Waals surface area contributed by atoms with Crippen molar-refractivity contribution in [1.29, 1.82) is 0 Å². The van der Waals surface area contributed by atoms with Crippen molar-refractivity contribution in [2.24, 2.45) is 5.92 Å². The van der Waals surface area contributed by atoms with E-state index in [0.29, 0.717) is 18.0 Å². The molecule has 0 aromatic heterocycles. The molecule has 0 saturated heterocycles. The minimum absolute atomic E-state index is 0.135. The quantitative estimate of drug-likeness (QED) is 0.896. The van der Waals surface area contributed by atoms with Crippen molar-refractivity contribution < 1.29 is 9.50 Å². The summed E-state index contributed by atoms with van der Waals surface area (Å²) in [6, 6.07) is 4.97. The molecule has 0 spiro atoms. The zero-order chi connectivity index (χ0) is 12.3. The van der Waals surface area contributed by atoms with Crippen LogP contribution in [0.15, 0.2) is 22.7 Å². The minimum Gasteiger partial charge on any atom is -0.393 e. The normalized spacial score (nSPS) is 24.2. The Bertz CT molecular complexity index is 386. The second-order valence-corrected chi connectivity index (χ2v) is 5.62. The molecule has 17 heavy (non-hydrogen) atoms. The molecule has 4 heteroatoms. The van der Waals surface area contributed by atoms with Gasteiger partial charge in [0.2, 0.25) is 0 Å². The Hall–Kier alpha value is -0.450. The highest BCUT2D eigenvalue weighted by molar-refractivity contribution is 9.10. The lowest BCUT2D eigenvalue weighted by Crippen LogP contribution is -2.21. The van der Waals surface area contributed by atoms with Crippen LogP contribution >= 0.6 is 15.9 Å². The third kappa shape index (κ3) is 3.76. The Kier molecular flexibility index (Phi) is 4.54. The van der Waals surface area contributed by atoms with Crippen molar-refractivity contribution in [3.05, 3.63) is 34.1 Å². The maximum absolute atomic E-state index is 13.4. The van der Waals surface area contributed by atoms with Crippen molar-refractivity contribution in [3.63, 3.8) is 0 Å². The number of benzene rings is 1. The van der Waals surface area contributed by atoms with Crippen molar-refractivity contribution in [3.8, 4) is 0 Å². The van der Waals surface area contributed by atoms with Crippen LogP contribution in [0, 0.1) is 11.7 Å². The van der Waals surface area contributed by atoms with Gasteiger partial charge in [0.1, 0.15) is 5.82 Å². The van der Waals surface area contributed by atoms with Gasteiger partial charge in [0.15, 0.2) is 0 Å². The third-order valence-electron chi connectivity index (χ3n) is 3.27. The standard InChI is InChI=1S/C13H17BrFNO/c14-11-2-4-13(15)10(6-11)8-16-7-9-1-3-12(17)5-9/h2,4,6,9,12,16-17H,1,3,5,7-8H2. The average Bonchev–Trinajstić information content (AvgIpc) is 2.69. The van der Waals surface area contributed by atoms with Crippen molar-refractivity contribution in [1.82, 2.24) is 5.32 Å². The number of aliphatic hydroxyl groups excluding tert-OH is 1. The molecule has 0 heterocycles. The van der Waals surface area contributed by atoms with E-state index in [1.165, 1.54) is 6.07 Å². The van der Waals surface area contributed by atoms with Gasteiger partial charge in [-0.1, -0.05) is 15.9 Å². The number of halogens is 2. The molecule has 0 radical (unpaired) electrons. The summed E-state index contributed by atoms with van der Waals surface area (Å²) in [5.74, 6) is 0.354. The van der Waals surface area contributed by atoms with Crippen LogP contribution in [0.2, 0.25) is 0 Å². The van der Waals surface area contributed by atoms with E-state index < -0.39 is 0 Å². The molecule has 2 unspecified atom stereocenters. The fourth-order valence-corrected chi connectivity index (χ4v) is 2.73. The fourth-order valence-electron chi connectivity index (χ4n) is 2.32. The molecule has 2 nitrogen and oxygen atoms in total. The predicted octanol–water partition coefficient (Wildman–Crippen LogP) is 2.84. The Morgan fingerprint density at radius 2 is 2.24 bits per heavy atom. The van der Waals surface area contributed by atoms with E-state index in [2.05, 4.69) is 21.2 Å². The van der Waals surface area contributed by atoms with Crippen LogP contribution in [-0.2, 0) is 6.54 Å². The Labute approximate surface area is 109 Å². The predicted molar refractivity (Wildman–Crippen MR) is 69.2 cm³/mol. The molecule has 1 saturated carbocycles. The van der Waals surface area contributed by atoms with Gasteiger partial charge in [-0.15, -0.1) is 0 Å². The van der Waals surface area contributed by atoms with Crippen molar-refractivity contribution >= 4 is 15.9 Å². The van der Waals surface area contributed by atoms with E-state index in [9.17, 15) is 9.50 Å². The molecule has 1 aromatic carbocycles. The number of nitrogens with one attached hydrogen (secondary N) is 1. The lowest BCUT2D eigenvalue weighted by Gasteiger charge is -2.11. The second-order valence-electron chi connectivity index (χ2n) is 4.70. The van der Waals surface area contributed by atoms with Crippen LogP contribution in [-0.4, -0.2) is 17.8 Å². The molecule has 94 valence electrons. The van der Waals surface area contributed by atoms with Gasteiger partial charge < -0.3 is 10.4 Å². The first-order chi connectivity index (χ1) is 8.15. The molecule has 1 aliphatic carbocycles. The zero-order valence-electron chi connectivity index (χ0n) is 9.63. The zero-order valence-corrected chi connectivity index (χ0v) is 11.2. The van der Waals surface area contributed by atoms with Gasteiger partial charge in [-0.05, 0) is 49.9 Å². The second kappa shape index (κ2) is 5.94. The van der Waals surface area contributed by atoms with Crippen LogP contribution in [0.4, 0.5) is 4.39 Å². The molecule has 0 amide bonds. The summed E-state index contributed by atoms with van der Waals surface area (Å²) in [4.78, 5) is 0. The van der Waals surface area contributed by atoms with Crippen LogP contribution in [0.25, 0.3) is 0 Å². The van der Waals surface area contributed by atoms with E-state index in [0.717, 1.165) is 30.3 Å². The summed E-state index contributed by atoms with van der Waals surface area (Å²) in [5, 5.41) is 12.7. The molecule has 2 N–H and O–H groups in total. The van der Waals surface area contributed by atoms with Crippen LogP contribution in [0.1, 0.15) is 24.8 Å². The third-order valence-corrected chi connectivity index (χ3v) is 3.76. The summed E-state index contributed by atoms with van der Waals surface area (Å²) in [6.45, 7) is 1.39. The van der Waals surface area contributed by atoms with E-state index in [1.807, 2.05) is 0 Å². The average molecular weight is 302 g/mol. The monoisotopic (exact) mass is 301 g/mol. The lowest BCUT2D eigenvalue weighted by molar-refractivity contribution is 0.177. The number of hydrogen-bond acceptors (Lipinski definition) is 2. The Morgan fingerprint density at radius 1 is 1.41 bits per heavy atom. The molecule has 1 aliphatic rings. The maximum atomic E-state index is 13.4. The topological polar surface area (TPSA) is 32.3 Å². The Balaban J connectivity index is 1.80. The first-order valence-corrected chi connectivity index (χ1v) is 6.77. The molecule has 1 fully saturated rings. The molecule has 2 atom stereocenters. The summed E-state index contributed by atoms with van der Waals surface area (Å²) < 4.78 is 14.3. The van der Waals surface area contributed by atoms with Gasteiger partial charge in [0, 0.05) is 16.6 Å². The van der Waals surface area contributed by atoms with Crippen molar-refractivity contribution in [2.75, 3.05) is 6.54 Å². The highest BCUT2D eigenvalue weighted by Gasteiger charge is 2.22. The molecule has 2 rings (SSSR count). The SMILES string of the molecule is OC1CCC(CNCc2cc(Br)ccc2F)C1. The van der Waals surface area contributed by atoms with Crippen LogP contribution in [0.3, 0.4) is 0 Å². The van der Waals surface area contributed by atoms with Gasteiger partial charge >= 0.3 is 0 Å². The fraction of sp³-hybridized carbons (Fsp3) is 0.538. The van der Waals surface area contributed by atoms with Crippen LogP contribution < -0.4 is 5.32 Å². The summed E-state index contributed by atoms with van der Waals surface area (Å²) in [6.07, 6.45) is 2.70. The highest BCUT2D eigenvalue weighted by Crippen LogP contribution is 2.24. The number of rotatable bonds is 4. The van der Waals surface area contributed by atoms with E-state index >= 15 is 0 Å². The first kappa shape index (κ1) is 13.0. The largest absolute Gasteiger partial charge is 0.393 e. The van der Waals surface area contributed by atoms with E-state index in [4.69, 9.17) is 0 Å². The number of aliphatic hydroxyl groups is 1. The summed E-state index contributed by atoms with van der Waals surface area (Å²) in [7, 11) is 0. The smallest absolute Gasteiger partial charge is 0.127 e. The molecular formula is C13H17BrFNO. The molecule has 1 aromatic rings. The van der Waals surface area contributed by atoms with Crippen molar-refractivity contribution in [2.45, 2.75) is 31.9 Å². The first-order valence-electron chi connectivity index (χ1n) is 5.98. The van der Waals surface area contributed by atoms with Gasteiger partial charge in [0.25, 0.3) is 0 Å². The number of hydrogen-bond donors (Lipinski definition) is 2. The maximum Gasteiger partial charge on any atom is 0.127 e. The highest BCUT2D eigenvalue weighted by atomic mass is 79.9. The minimum atomic E-state index is -0.174. The summed E-state index contributed by atoms with van der Waals surface area (Å²) >= 11 is 3.33. The molecule has 0 aliphatic heterocycles. The van der Waals surface area contributed by atoms with E-state index in [1.54, 1.807) is 12.1 Å². The van der Waals surface area contributed by atoms with Gasteiger partial charge in [-0.3, -0.25) is 0 Å². The Morgan fingerprint density at radius 3 is 2.94 bits per heavy atom. The van der Waals surface area contributed by atoms with Gasteiger partial charge in [-0.25, -0.2) is 4.39 Å². The molecular weight excluding hydrogens is 285 g/mol. The van der Waals surface area contributed by atoms with Gasteiger partial charge in [-0.2, -0.15) is 0 Å². The van der Waals surface area contributed by atoms with E-state index in [-0.39, 0.29) is 11.9 Å².